The summed E-state index contributed by atoms with van der Waals surface area (Å²) in [5.74, 6) is 0.904. The molecule has 0 radical (unpaired) electrons. The van der Waals surface area contributed by atoms with E-state index in [4.69, 9.17) is 4.74 Å². The van der Waals surface area contributed by atoms with Crippen molar-refractivity contribution in [3.8, 4) is 16.9 Å². The van der Waals surface area contributed by atoms with Gasteiger partial charge in [0, 0.05) is 6.04 Å². The monoisotopic (exact) mass is 255 g/mol. The average molecular weight is 255 g/mol. The minimum absolute atomic E-state index is 0.381. The molecular weight excluding hydrogens is 234 g/mol. The van der Waals surface area contributed by atoms with E-state index in [0.29, 0.717) is 6.04 Å². The molecule has 1 N–H and O–H groups in total. The second kappa shape index (κ2) is 5.89. The highest BCUT2D eigenvalue weighted by molar-refractivity contribution is 5.68. The quantitative estimate of drug-likeness (QED) is 0.893. The van der Waals surface area contributed by atoms with Gasteiger partial charge in [-0.2, -0.15) is 0 Å². The molecule has 2 nitrogen and oxygen atoms in total. The van der Waals surface area contributed by atoms with Crippen LogP contribution in [0.1, 0.15) is 24.1 Å². The van der Waals surface area contributed by atoms with Crippen molar-refractivity contribution in [2.45, 2.75) is 19.9 Å². The van der Waals surface area contributed by atoms with Crippen LogP contribution in [0.4, 0.5) is 0 Å². The number of ether oxygens (including phenoxy) is 1. The standard InChI is InChI=1S/C17H21NO/c1-12-11-16(19-4)9-10-17(12)15-7-5-14(6-8-15)13(2)18-3/h5-11,13,18H,1-4H3. The van der Waals surface area contributed by atoms with Gasteiger partial charge in [-0.1, -0.05) is 30.3 Å². The molecule has 0 aliphatic carbocycles. The van der Waals surface area contributed by atoms with E-state index in [1.54, 1.807) is 7.11 Å². The highest BCUT2D eigenvalue weighted by Gasteiger charge is 2.05. The summed E-state index contributed by atoms with van der Waals surface area (Å²) in [6.45, 7) is 4.27. The Morgan fingerprint density at radius 3 is 2.26 bits per heavy atom. The average Bonchev–Trinajstić information content (AvgIpc) is 2.46. The van der Waals surface area contributed by atoms with Crippen LogP contribution in [0.3, 0.4) is 0 Å². The van der Waals surface area contributed by atoms with Crippen molar-refractivity contribution in [1.82, 2.24) is 5.32 Å². The summed E-state index contributed by atoms with van der Waals surface area (Å²) in [6.07, 6.45) is 0. The minimum Gasteiger partial charge on any atom is -0.497 e. The van der Waals surface area contributed by atoms with Gasteiger partial charge >= 0.3 is 0 Å². The molecular formula is C17H21NO. The molecule has 1 atom stereocenters. The predicted molar refractivity (Wildman–Crippen MR) is 80.6 cm³/mol. The molecule has 0 fully saturated rings. The molecule has 2 heteroatoms. The van der Waals surface area contributed by atoms with Gasteiger partial charge in [0.05, 0.1) is 7.11 Å². The van der Waals surface area contributed by atoms with E-state index in [9.17, 15) is 0 Å². The van der Waals surface area contributed by atoms with Crippen LogP contribution in [0.5, 0.6) is 5.75 Å². The molecule has 0 saturated carbocycles. The van der Waals surface area contributed by atoms with E-state index in [2.05, 4.69) is 55.6 Å². The van der Waals surface area contributed by atoms with Gasteiger partial charge in [0.2, 0.25) is 0 Å². The number of aryl methyl sites for hydroxylation is 1. The van der Waals surface area contributed by atoms with Crippen molar-refractivity contribution >= 4 is 0 Å². The Balaban J connectivity index is 2.32. The fraction of sp³-hybridized carbons (Fsp3) is 0.294. The van der Waals surface area contributed by atoms with Gasteiger partial charge in [0.25, 0.3) is 0 Å². The molecule has 2 rings (SSSR count). The molecule has 2 aromatic carbocycles. The van der Waals surface area contributed by atoms with Crippen LogP contribution in [0.2, 0.25) is 0 Å². The first-order chi connectivity index (χ1) is 9.15. The lowest BCUT2D eigenvalue weighted by molar-refractivity contribution is 0.414. The number of rotatable bonds is 4. The third kappa shape index (κ3) is 2.96. The second-order valence-electron chi connectivity index (χ2n) is 4.81. The zero-order valence-corrected chi connectivity index (χ0v) is 12.0. The van der Waals surface area contributed by atoms with Crippen molar-refractivity contribution in [3.05, 3.63) is 53.6 Å². The largest absolute Gasteiger partial charge is 0.497 e. The minimum atomic E-state index is 0.381. The predicted octanol–water partition coefficient (Wildman–Crippen LogP) is 3.95. The Morgan fingerprint density at radius 2 is 1.74 bits per heavy atom. The first-order valence-electron chi connectivity index (χ1n) is 6.58. The van der Waals surface area contributed by atoms with Crippen LogP contribution in [0.15, 0.2) is 42.5 Å². The second-order valence-corrected chi connectivity index (χ2v) is 4.81. The normalized spacial score (nSPS) is 12.2. The zero-order valence-electron chi connectivity index (χ0n) is 12.0. The SMILES string of the molecule is CNC(C)c1ccc(-c2ccc(OC)cc2C)cc1. The summed E-state index contributed by atoms with van der Waals surface area (Å²) >= 11 is 0. The van der Waals surface area contributed by atoms with E-state index in [-0.39, 0.29) is 0 Å². The van der Waals surface area contributed by atoms with Crippen molar-refractivity contribution in [2.24, 2.45) is 0 Å². The van der Waals surface area contributed by atoms with Crippen LogP contribution >= 0.6 is 0 Å². The summed E-state index contributed by atoms with van der Waals surface area (Å²) in [4.78, 5) is 0. The highest BCUT2D eigenvalue weighted by Crippen LogP contribution is 2.27. The Labute approximate surface area is 115 Å². The molecule has 1 unspecified atom stereocenters. The number of hydrogen-bond acceptors (Lipinski definition) is 2. The van der Waals surface area contributed by atoms with E-state index < -0.39 is 0 Å². The summed E-state index contributed by atoms with van der Waals surface area (Å²) in [6, 6.07) is 15.3. The fourth-order valence-electron chi connectivity index (χ4n) is 2.21. The Hall–Kier alpha value is -1.80. The topological polar surface area (TPSA) is 21.3 Å². The number of benzene rings is 2. The lowest BCUT2D eigenvalue weighted by Gasteiger charge is -2.12. The number of hydrogen-bond donors (Lipinski definition) is 1. The van der Waals surface area contributed by atoms with Gasteiger partial charge in [-0.15, -0.1) is 0 Å². The van der Waals surface area contributed by atoms with E-state index in [1.165, 1.54) is 22.3 Å². The first-order valence-corrected chi connectivity index (χ1v) is 6.58. The molecule has 0 aliphatic heterocycles. The third-order valence-electron chi connectivity index (χ3n) is 3.59. The van der Waals surface area contributed by atoms with E-state index in [1.807, 2.05) is 13.1 Å². The van der Waals surface area contributed by atoms with Gasteiger partial charge < -0.3 is 10.1 Å². The van der Waals surface area contributed by atoms with Crippen molar-refractivity contribution < 1.29 is 4.74 Å². The number of nitrogens with one attached hydrogen (secondary N) is 1. The maximum absolute atomic E-state index is 5.24. The van der Waals surface area contributed by atoms with Crippen LogP contribution in [0.25, 0.3) is 11.1 Å². The van der Waals surface area contributed by atoms with Gasteiger partial charge in [-0.25, -0.2) is 0 Å². The van der Waals surface area contributed by atoms with Gasteiger partial charge in [0.15, 0.2) is 0 Å². The van der Waals surface area contributed by atoms with E-state index in [0.717, 1.165) is 5.75 Å². The van der Waals surface area contributed by atoms with Crippen LogP contribution in [0, 0.1) is 6.92 Å². The van der Waals surface area contributed by atoms with Crippen LogP contribution < -0.4 is 10.1 Å². The maximum atomic E-state index is 5.24. The van der Waals surface area contributed by atoms with Gasteiger partial charge in [-0.3, -0.25) is 0 Å². The van der Waals surface area contributed by atoms with Crippen LogP contribution in [-0.2, 0) is 0 Å². The van der Waals surface area contributed by atoms with E-state index >= 15 is 0 Å². The molecule has 0 heterocycles. The lowest BCUT2D eigenvalue weighted by atomic mass is 9.98. The van der Waals surface area contributed by atoms with Gasteiger partial charge in [-0.05, 0) is 55.3 Å². The maximum Gasteiger partial charge on any atom is 0.119 e. The number of methoxy groups -OCH3 is 1. The summed E-state index contributed by atoms with van der Waals surface area (Å²) in [7, 11) is 3.68. The fourth-order valence-corrected chi connectivity index (χ4v) is 2.21. The zero-order chi connectivity index (χ0) is 13.8. The Kier molecular flexibility index (Phi) is 4.23. The first kappa shape index (κ1) is 13.6. The lowest BCUT2D eigenvalue weighted by Crippen LogP contribution is -2.11. The molecule has 0 amide bonds. The van der Waals surface area contributed by atoms with Crippen molar-refractivity contribution in [1.29, 1.82) is 0 Å². The summed E-state index contributed by atoms with van der Waals surface area (Å²) < 4.78 is 5.24. The molecule has 0 spiro atoms. The van der Waals surface area contributed by atoms with Crippen LogP contribution in [-0.4, -0.2) is 14.2 Å². The molecule has 0 saturated heterocycles. The Morgan fingerprint density at radius 1 is 1.05 bits per heavy atom. The summed E-state index contributed by atoms with van der Waals surface area (Å²) in [5.41, 5.74) is 5.03. The van der Waals surface area contributed by atoms with Crippen molar-refractivity contribution in [2.75, 3.05) is 14.2 Å². The van der Waals surface area contributed by atoms with Gasteiger partial charge in [0.1, 0.15) is 5.75 Å². The molecule has 0 aliphatic rings. The Bertz CT molecular complexity index is 546. The smallest absolute Gasteiger partial charge is 0.119 e. The molecule has 0 aromatic heterocycles. The highest BCUT2D eigenvalue weighted by atomic mass is 16.5. The van der Waals surface area contributed by atoms with Crippen molar-refractivity contribution in [3.63, 3.8) is 0 Å². The third-order valence-corrected chi connectivity index (χ3v) is 3.59. The molecule has 100 valence electrons. The molecule has 2 aromatic rings. The molecule has 19 heavy (non-hydrogen) atoms. The summed E-state index contributed by atoms with van der Waals surface area (Å²) in [5, 5.41) is 3.25. The molecule has 0 bridgehead atoms.